The first-order valence-electron chi connectivity index (χ1n) is 8.77. The minimum atomic E-state index is -0.892. The fourth-order valence-electron chi connectivity index (χ4n) is 2.69. The molecule has 0 spiro atoms. The van der Waals surface area contributed by atoms with Crippen LogP contribution in [-0.4, -0.2) is 34.0 Å². The smallest absolute Gasteiger partial charge is 0.339 e. The number of carbonyl (C=O) groups excluding carboxylic acids is 2. The maximum atomic E-state index is 12.8. The fourth-order valence-corrected chi connectivity index (χ4v) is 2.69. The van der Waals surface area contributed by atoms with E-state index in [0.29, 0.717) is 22.2 Å². The molecule has 0 fully saturated rings. The minimum Gasteiger partial charge on any atom is -0.449 e. The summed E-state index contributed by atoms with van der Waals surface area (Å²) in [5, 5.41) is 3.42. The van der Waals surface area contributed by atoms with Crippen molar-refractivity contribution in [3.05, 3.63) is 60.4 Å². The maximum Gasteiger partial charge on any atom is 0.339 e. The highest BCUT2D eigenvalue weighted by molar-refractivity contribution is 6.05. The number of aromatic nitrogens is 2. The third-order valence-electron chi connectivity index (χ3n) is 4.00. The molecular weight excluding hydrogens is 342 g/mol. The third kappa shape index (κ3) is 4.28. The maximum absolute atomic E-state index is 12.8. The van der Waals surface area contributed by atoms with E-state index in [4.69, 9.17) is 4.74 Å². The Morgan fingerprint density at radius 2 is 1.74 bits per heavy atom. The zero-order valence-corrected chi connectivity index (χ0v) is 15.5. The molecule has 2 heterocycles. The van der Waals surface area contributed by atoms with E-state index in [-0.39, 0.29) is 11.9 Å². The van der Waals surface area contributed by atoms with Crippen LogP contribution in [0.4, 0.5) is 0 Å². The first-order valence-corrected chi connectivity index (χ1v) is 8.77. The van der Waals surface area contributed by atoms with Crippen molar-refractivity contribution in [1.82, 2.24) is 15.3 Å². The molecule has 0 saturated heterocycles. The second-order valence-electron chi connectivity index (χ2n) is 6.52. The number of esters is 1. The van der Waals surface area contributed by atoms with Crippen molar-refractivity contribution in [2.24, 2.45) is 0 Å². The van der Waals surface area contributed by atoms with Gasteiger partial charge in [-0.3, -0.25) is 9.78 Å². The highest BCUT2D eigenvalue weighted by Gasteiger charge is 2.21. The SMILES string of the molecule is CC(C)NC(=O)[C@H](C)OC(=O)c1cc(-c2ccncc2)nc2ccccc12. The molecule has 0 aliphatic rings. The lowest BCUT2D eigenvalue weighted by Crippen LogP contribution is -2.39. The number of rotatable bonds is 5. The topological polar surface area (TPSA) is 81.2 Å². The Balaban J connectivity index is 1.97. The Bertz CT molecular complexity index is 971. The van der Waals surface area contributed by atoms with Crippen LogP contribution in [0.25, 0.3) is 22.2 Å². The van der Waals surface area contributed by atoms with E-state index >= 15 is 0 Å². The number of carbonyl (C=O) groups is 2. The zero-order chi connectivity index (χ0) is 19.4. The van der Waals surface area contributed by atoms with E-state index < -0.39 is 12.1 Å². The van der Waals surface area contributed by atoms with Gasteiger partial charge in [-0.1, -0.05) is 18.2 Å². The molecule has 1 amide bonds. The Morgan fingerprint density at radius 3 is 2.44 bits per heavy atom. The lowest BCUT2D eigenvalue weighted by atomic mass is 10.0. The van der Waals surface area contributed by atoms with Crippen molar-refractivity contribution in [3.63, 3.8) is 0 Å². The van der Waals surface area contributed by atoms with Gasteiger partial charge in [-0.2, -0.15) is 0 Å². The molecule has 138 valence electrons. The van der Waals surface area contributed by atoms with Crippen LogP contribution < -0.4 is 5.32 Å². The molecule has 2 aromatic heterocycles. The number of amides is 1. The summed E-state index contributed by atoms with van der Waals surface area (Å²) in [5.74, 6) is -0.888. The summed E-state index contributed by atoms with van der Waals surface area (Å²) in [7, 11) is 0. The first kappa shape index (κ1) is 18.5. The number of para-hydroxylation sites is 1. The van der Waals surface area contributed by atoms with Crippen molar-refractivity contribution >= 4 is 22.8 Å². The van der Waals surface area contributed by atoms with Gasteiger partial charge in [0, 0.05) is 29.4 Å². The highest BCUT2D eigenvalue weighted by atomic mass is 16.5. The molecule has 0 unspecified atom stereocenters. The van der Waals surface area contributed by atoms with Gasteiger partial charge in [-0.15, -0.1) is 0 Å². The summed E-state index contributed by atoms with van der Waals surface area (Å²) in [6, 6.07) is 12.7. The lowest BCUT2D eigenvalue weighted by molar-refractivity contribution is -0.129. The van der Waals surface area contributed by atoms with E-state index in [1.54, 1.807) is 25.4 Å². The molecule has 3 rings (SSSR count). The summed E-state index contributed by atoms with van der Waals surface area (Å²) >= 11 is 0. The number of benzene rings is 1. The number of hydrogen-bond donors (Lipinski definition) is 1. The summed E-state index contributed by atoms with van der Waals surface area (Å²) < 4.78 is 5.41. The second-order valence-corrected chi connectivity index (χ2v) is 6.52. The molecule has 0 saturated carbocycles. The number of nitrogens with one attached hydrogen (secondary N) is 1. The zero-order valence-electron chi connectivity index (χ0n) is 15.5. The predicted octanol–water partition coefficient (Wildman–Crippen LogP) is 3.37. The molecule has 6 heteroatoms. The van der Waals surface area contributed by atoms with Gasteiger partial charge in [0.1, 0.15) is 0 Å². The highest BCUT2D eigenvalue weighted by Crippen LogP contribution is 2.25. The Labute approximate surface area is 157 Å². The van der Waals surface area contributed by atoms with Crippen LogP contribution in [0.3, 0.4) is 0 Å². The number of pyridine rings is 2. The van der Waals surface area contributed by atoms with Crippen molar-refractivity contribution in [2.75, 3.05) is 0 Å². The number of nitrogens with zero attached hydrogens (tertiary/aromatic N) is 2. The summed E-state index contributed by atoms with van der Waals surface area (Å²) in [6.45, 7) is 5.26. The Morgan fingerprint density at radius 1 is 1.04 bits per heavy atom. The number of ether oxygens (including phenoxy) is 1. The van der Waals surface area contributed by atoms with Crippen LogP contribution in [-0.2, 0) is 9.53 Å². The van der Waals surface area contributed by atoms with Gasteiger partial charge < -0.3 is 10.1 Å². The quantitative estimate of drug-likeness (QED) is 0.703. The number of hydrogen-bond acceptors (Lipinski definition) is 5. The molecule has 0 aliphatic carbocycles. The van der Waals surface area contributed by atoms with E-state index in [9.17, 15) is 9.59 Å². The molecule has 3 aromatic rings. The minimum absolute atomic E-state index is 0.0290. The average molecular weight is 363 g/mol. The summed E-state index contributed by atoms with van der Waals surface area (Å²) in [6.07, 6.45) is 2.45. The van der Waals surface area contributed by atoms with E-state index in [0.717, 1.165) is 5.56 Å². The van der Waals surface area contributed by atoms with Crippen molar-refractivity contribution in [3.8, 4) is 11.3 Å². The predicted molar refractivity (Wildman–Crippen MR) is 103 cm³/mol. The lowest BCUT2D eigenvalue weighted by Gasteiger charge is -2.16. The molecular formula is C21H21N3O3. The summed E-state index contributed by atoms with van der Waals surface area (Å²) in [4.78, 5) is 33.5. The van der Waals surface area contributed by atoms with Crippen LogP contribution in [0.5, 0.6) is 0 Å². The normalized spacial score (nSPS) is 12.0. The van der Waals surface area contributed by atoms with Gasteiger partial charge >= 0.3 is 5.97 Å². The first-order chi connectivity index (χ1) is 13.0. The van der Waals surface area contributed by atoms with E-state index in [1.807, 2.05) is 50.2 Å². The van der Waals surface area contributed by atoms with Gasteiger partial charge in [0.05, 0.1) is 16.8 Å². The van der Waals surface area contributed by atoms with Gasteiger partial charge in [0.2, 0.25) is 0 Å². The molecule has 0 radical (unpaired) electrons. The Kier molecular flexibility index (Phi) is 5.45. The second kappa shape index (κ2) is 7.95. The molecule has 1 atom stereocenters. The van der Waals surface area contributed by atoms with Crippen molar-refractivity contribution in [1.29, 1.82) is 0 Å². The molecule has 0 aliphatic heterocycles. The van der Waals surface area contributed by atoms with Gasteiger partial charge in [0.15, 0.2) is 6.10 Å². The molecule has 1 N–H and O–H groups in total. The Hall–Kier alpha value is -3.28. The molecule has 27 heavy (non-hydrogen) atoms. The molecule has 6 nitrogen and oxygen atoms in total. The van der Waals surface area contributed by atoms with E-state index in [1.165, 1.54) is 0 Å². The van der Waals surface area contributed by atoms with Crippen LogP contribution in [0.15, 0.2) is 54.9 Å². The van der Waals surface area contributed by atoms with E-state index in [2.05, 4.69) is 15.3 Å². The molecule has 1 aromatic carbocycles. The van der Waals surface area contributed by atoms with Crippen LogP contribution in [0.2, 0.25) is 0 Å². The van der Waals surface area contributed by atoms with Gasteiger partial charge in [-0.25, -0.2) is 9.78 Å². The monoisotopic (exact) mass is 363 g/mol. The van der Waals surface area contributed by atoms with Crippen molar-refractivity contribution in [2.45, 2.75) is 32.9 Å². The van der Waals surface area contributed by atoms with Crippen LogP contribution >= 0.6 is 0 Å². The van der Waals surface area contributed by atoms with Gasteiger partial charge in [0.25, 0.3) is 5.91 Å². The summed E-state index contributed by atoms with van der Waals surface area (Å²) in [5.41, 5.74) is 2.53. The van der Waals surface area contributed by atoms with Gasteiger partial charge in [-0.05, 0) is 45.0 Å². The van der Waals surface area contributed by atoms with Crippen LogP contribution in [0.1, 0.15) is 31.1 Å². The largest absolute Gasteiger partial charge is 0.449 e. The van der Waals surface area contributed by atoms with Crippen LogP contribution in [0, 0.1) is 0 Å². The molecule has 0 bridgehead atoms. The third-order valence-corrected chi connectivity index (χ3v) is 4.00. The average Bonchev–Trinajstić information content (AvgIpc) is 2.67. The number of fused-ring (bicyclic) bond motifs is 1. The van der Waals surface area contributed by atoms with Crippen molar-refractivity contribution < 1.29 is 14.3 Å². The standard InChI is InChI=1S/C21H21N3O3/c1-13(2)23-20(25)14(3)27-21(26)17-12-19(15-8-10-22-11-9-15)24-18-7-5-4-6-16(17)18/h4-14H,1-3H3,(H,23,25)/t14-/m0/s1. The fraction of sp³-hybridized carbons (Fsp3) is 0.238.